The highest BCUT2D eigenvalue weighted by molar-refractivity contribution is 5.49. The topological polar surface area (TPSA) is 47.3 Å². The third-order valence-corrected chi connectivity index (χ3v) is 3.82. The van der Waals surface area contributed by atoms with Crippen molar-refractivity contribution in [1.29, 1.82) is 0 Å². The van der Waals surface area contributed by atoms with Gasteiger partial charge in [0, 0.05) is 23.2 Å². The highest BCUT2D eigenvalue weighted by Crippen LogP contribution is 2.26. The fourth-order valence-electron chi connectivity index (χ4n) is 2.68. The van der Waals surface area contributed by atoms with E-state index in [1.54, 1.807) is 6.26 Å². The molecule has 4 heteroatoms. The Labute approximate surface area is 125 Å². The lowest BCUT2D eigenvalue weighted by molar-refractivity contribution is 0.111. The average Bonchev–Trinajstić information content (AvgIpc) is 2.93. The summed E-state index contributed by atoms with van der Waals surface area (Å²) in [5.41, 5.74) is 5.90. The zero-order valence-corrected chi connectivity index (χ0v) is 12.9. The summed E-state index contributed by atoms with van der Waals surface area (Å²) in [5, 5.41) is 7.59. The zero-order chi connectivity index (χ0) is 14.9. The maximum atomic E-state index is 5.51. The molecular formula is C17H22N2O2. The van der Waals surface area contributed by atoms with Crippen LogP contribution in [0.15, 0.2) is 29.0 Å². The molecule has 2 heterocycles. The Morgan fingerprint density at radius 2 is 2.10 bits per heavy atom. The fraction of sp³-hybridized carbons (Fsp3) is 0.471. The molecule has 21 heavy (non-hydrogen) atoms. The second kappa shape index (κ2) is 5.53. The van der Waals surface area contributed by atoms with Crippen LogP contribution < -0.4 is 5.32 Å². The van der Waals surface area contributed by atoms with Crippen LogP contribution in [0.2, 0.25) is 0 Å². The van der Waals surface area contributed by atoms with Gasteiger partial charge < -0.3 is 14.6 Å². The Morgan fingerprint density at radius 1 is 1.24 bits per heavy atom. The minimum absolute atomic E-state index is 0.00624. The van der Waals surface area contributed by atoms with Gasteiger partial charge in [0.25, 0.3) is 0 Å². The van der Waals surface area contributed by atoms with Crippen LogP contribution in [0.4, 0.5) is 5.69 Å². The van der Waals surface area contributed by atoms with Gasteiger partial charge >= 0.3 is 0 Å². The van der Waals surface area contributed by atoms with E-state index in [4.69, 9.17) is 9.26 Å². The van der Waals surface area contributed by atoms with Gasteiger partial charge in [-0.05, 0) is 29.7 Å². The monoisotopic (exact) mass is 286 g/mol. The lowest BCUT2D eigenvalue weighted by Gasteiger charge is -2.19. The third kappa shape index (κ3) is 3.10. The second-order valence-corrected chi connectivity index (χ2v) is 6.58. The molecule has 0 radical (unpaired) electrons. The van der Waals surface area contributed by atoms with E-state index in [-0.39, 0.29) is 5.41 Å². The molecule has 0 atom stereocenters. The molecule has 0 bridgehead atoms. The molecular weight excluding hydrogens is 264 g/mol. The number of hydrogen-bond donors (Lipinski definition) is 1. The first-order valence-corrected chi connectivity index (χ1v) is 7.41. The number of aromatic nitrogens is 1. The molecule has 1 aromatic carbocycles. The molecule has 0 aliphatic carbocycles. The maximum Gasteiger partial charge on any atom is 0.129 e. The predicted octanol–water partition coefficient (Wildman–Crippen LogP) is 3.66. The summed E-state index contributed by atoms with van der Waals surface area (Å²) >= 11 is 0. The lowest BCUT2D eigenvalue weighted by atomic mass is 9.89. The molecule has 1 N–H and O–H groups in total. The molecule has 2 aromatic rings. The van der Waals surface area contributed by atoms with E-state index in [1.165, 1.54) is 11.1 Å². The molecule has 112 valence electrons. The summed E-state index contributed by atoms with van der Waals surface area (Å²) in [6.07, 6.45) is 2.74. The van der Waals surface area contributed by atoms with Crippen molar-refractivity contribution in [2.24, 2.45) is 0 Å². The van der Waals surface area contributed by atoms with Crippen molar-refractivity contribution in [2.45, 2.75) is 45.8 Å². The Morgan fingerprint density at radius 3 is 2.90 bits per heavy atom. The van der Waals surface area contributed by atoms with Crippen LogP contribution in [-0.4, -0.2) is 11.8 Å². The quantitative estimate of drug-likeness (QED) is 0.935. The summed E-state index contributed by atoms with van der Waals surface area (Å²) in [6, 6.07) is 6.51. The number of nitrogens with one attached hydrogen (secondary N) is 1. The van der Waals surface area contributed by atoms with Crippen LogP contribution in [0.1, 0.15) is 43.2 Å². The van der Waals surface area contributed by atoms with Crippen molar-refractivity contribution in [2.75, 3.05) is 11.9 Å². The van der Waals surface area contributed by atoms with Gasteiger partial charge in [-0.1, -0.05) is 32.0 Å². The molecule has 0 spiro atoms. The summed E-state index contributed by atoms with van der Waals surface area (Å²) in [7, 11) is 0. The van der Waals surface area contributed by atoms with Crippen molar-refractivity contribution in [3.8, 4) is 0 Å². The van der Waals surface area contributed by atoms with Gasteiger partial charge in [0.2, 0.25) is 0 Å². The number of hydrogen-bond acceptors (Lipinski definition) is 4. The molecule has 3 rings (SSSR count). The normalized spacial score (nSPS) is 14.8. The van der Waals surface area contributed by atoms with Crippen LogP contribution in [0.3, 0.4) is 0 Å². The van der Waals surface area contributed by atoms with E-state index < -0.39 is 0 Å². The van der Waals surface area contributed by atoms with Gasteiger partial charge in [-0.3, -0.25) is 0 Å². The number of anilines is 1. The first-order valence-electron chi connectivity index (χ1n) is 7.41. The molecule has 0 unspecified atom stereocenters. The van der Waals surface area contributed by atoms with Crippen LogP contribution in [-0.2, 0) is 29.7 Å². The van der Waals surface area contributed by atoms with E-state index in [0.29, 0.717) is 6.61 Å². The maximum absolute atomic E-state index is 5.51. The van der Waals surface area contributed by atoms with Gasteiger partial charge in [-0.2, -0.15) is 0 Å². The molecule has 1 aromatic heterocycles. The SMILES string of the molecule is CC(C)(C)c1nocc1CNc1ccc2c(c1)COCC2. The second-order valence-electron chi connectivity index (χ2n) is 6.58. The van der Waals surface area contributed by atoms with Crippen molar-refractivity contribution in [1.82, 2.24) is 5.16 Å². The molecule has 4 nitrogen and oxygen atoms in total. The Bertz CT molecular complexity index is 626. The molecule has 0 saturated carbocycles. The summed E-state index contributed by atoms with van der Waals surface area (Å²) < 4.78 is 10.7. The molecule has 0 amide bonds. The minimum atomic E-state index is -0.00624. The summed E-state index contributed by atoms with van der Waals surface area (Å²) in [5.74, 6) is 0. The number of nitrogens with zero attached hydrogens (tertiary/aromatic N) is 1. The summed E-state index contributed by atoms with van der Waals surface area (Å²) in [4.78, 5) is 0. The lowest BCUT2D eigenvalue weighted by Crippen LogP contribution is -2.15. The third-order valence-electron chi connectivity index (χ3n) is 3.82. The predicted molar refractivity (Wildman–Crippen MR) is 82.3 cm³/mol. The van der Waals surface area contributed by atoms with E-state index in [9.17, 15) is 0 Å². The van der Waals surface area contributed by atoms with Crippen LogP contribution in [0, 0.1) is 0 Å². The average molecular weight is 286 g/mol. The first-order chi connectivity index (χ1) is 10.0. The molecule has 1 aliphatic heterocycles. The Hall–Kier alpha value is -1.81. The zero-order valence-electron chi connectivity index (χ0n) is 12.9. The van der Waals surface area contributed by atoms with Crippen LogP contribution in [0.5, 0.6) is 0 Å². The highest BCUT2D eigenvalue weighted by Gasteiger charge is 2.22. The number of ether oxygens (including phenoxy) is 1. The standard InChI is InChI=1S/C17H22N2O2/c1-17(2,3)16-14(11-21-19-16)9-18-15-5-4-12-6-7-20-10-13(12)8-15/h4-5,8,11,18H,6-7,9-10H2,1-3H3. The first kappa shape index (κ1) is 14.1. The van der Waals surface area contributed by atoms with Gasteiger partial charge in [0.1, 0.15) is 6.26 Å². The van der Waals surface area contributed by atoms with Crippen molar-refractivity contribution in [3.05, 3.63) is 46.8 Å². The van der Waals surface area contributed by atoms with Crippen molar-refractivity contribution in [3.63, 3.8) is 0 Å². The number of fused-ring (bicyclic) bond motifs is 1. The van der Waals surface area contributed by atoms with Gasteiger partial charge in [-0.15, -0.1) is 0 Å². The van der Waals surface area contributed by atoms with E-state index in [2.05, 4.69) is 49.4 Å². The molecule has 0 fully saturated rings. The van der Waals surface area contributed by atoms with Gasteiger partial charge in [0.05, 0.1) is 18.9 Å². The van der Waals surface area contributed by atoms with Crippen molar-refractivity contribution >= 4 is 5.69 Å². The molecule has 0 saturated heterocycles. The van der Waals surface area contributed by atoms with Crippen LogP contribution in [0.25, 0.3) is 0 Å². The summed E-state index contributed by atoms with van der Waals surface area (Å²) in [6.45, 7) is 8.69. The van der Waals surface area contributed by atoms with Gasteiger partial charge in [-0.25, -0.2) is 0 Å². The molecule has 1 aliphatic rings. The van der Waals surface area contributed by atoms with E-state index in [0.717, 1.165) is 36.5 Å². The smallest absolute Gasteiger partial charge is 0.129 e. The fourth-order valence-corrected chi connectivity index (χ4v) is 2.68. The minimum Gasteiger partial charge on any atom is -0.381 e. The largest absolute Gasteiger partial charge is 0.381 e. The Balaban J connectivity index is 1.72. The van der Waals surface area contributed by atoms with E-state index >= 15 is 0 Å². The number of rotatable bonds is 3. The van der Waals surface area contributed by atoms with Crippen LogP contribution >= 0.6 is 0 Å². The Kier molecular flexibility index (Phi) is 3.72. The van der Waals surface area contributed by atoms with Gasteiger partial charge in [0.15, 0.2) is 0 Å². The highest BCUT2D eigenvalue weighted by atomic mass is 16.5. The van der Waals surface area contributed by atoms with Crippen molar-refractivity contribution < 1.29 is 9.26 Å². The van der Waals surface area contributed by atoms with E-state index in [1.807, 2.05) is 0 Å². The number of benzene rings is 1.